The zero-order valence-electron chi connectivity index (χ0n) is 22.3. The van der Waals surface area contributed by atoms with Gasteiger partial charge in [-0.2, -0.15) is 5.26 Å². The summed E-state index contributed by atoms with van der Waals surface area (Å²) in [6, 6.07) is 23.2. The van der Waals surface area contributed by atoms with E-state index in [9.17, 15) is 14.4 Å². The Morgan fingerprint density at radius 1 is 0.725 bits per heavy atom. The molecule has 2 aliphatic rings. The number of carbonyl (C=O) groups is 3. The van der Waals surface area contributed by atoms with E-state index >= 15 is 0 Å². The Bertz CT molecular complexity index is 1400. The summed E-state index contributed by atoms with van der Waals surface area (Å²) in [7, 11) is 0. The van der Waals surface area contributed by atoms with E-state index in [-0.39, 0.29) is 17.7 Å². The van der Waals surface area contributed by atoms with Crippen LogP contribution in [0.2, 0.25) is 0 Å². The number of piperazine rings is 1. The molecule has 9 heteroatoms. The summed E-state index contributed by atoms with van der Waals surface area (Å²) >= 11 is 0. The number of anilines is 2. The molecule has 40 heavy (non-hydrogen) atoms. The molecular formula is C31H32N6O3. The van der Waals surface area contributed by atoms with Gasteiger partial charge in [-0.15, -0.1) is 0 Å². The summed E-state index contributed by atoms with van der Waals surface area (Å²) in [5.41, 5.74) is 3.50. The average molecular weight is 537 g/mol. The molecule has 3 amide bonds. The summed E-state index contributed by atoms with van der Waals surface area (Å²) in [4.78, 5) is 45.3. The van der Waals surface area contributed by atoms with Crippen LogP contribution in [0.1, 0.15) is 43.1 Å². The maximum Gasteiger partial charge on any atom is 0.255 e. The van der Waals surface area contributed by atoms with Crippen molar-refractivity contribution in [3.63, 3.8) is 0 Å². The molecule has 0 aromatic heterocycles. The fourth-order valence-corrected chi connectivity index (χ4v) is 5.08. The Hall–Kier alpha value is -4.68. The average Bonchev–Trinajstić information content (AvgIpc) is 3.31. The Labute approximate surface area is 234 Å². The number of benzene rings is 3. The number of nitrogens with zero attached hydrogens (tertiary/aromatic N) is 4. The van der Waals surface area contributed by atoms with E-state index in [2.05, 4.69) is 21.6 Å². The Kier molecular flexibility index (Phi) is 8.38. The van der Waals surface area contributed by atoms with E-state index in [1.807, 2.05) is 35.2 Å². The number of rotatable bonds is 5. The third-order valence-electron chi connectivity index (χ3n) is 7.32. The van der Waals surface area contributed by atoms with Crippen molar-refractivity contribution in [1.29, 1.82) is 5.26 Å². The van der Waals surface area contributed by atoms with Gasteiger partial charge in [0.2, 0.25) is 0 Å². The van der Waals surface area contributed by atoms with E-state index in [1.165, 1.54) is 0 Å². The molecule has 0 aliphatic carbocycles. The smallest absolute Gasteiger partial charge is 0.255 e. The van der Waals surface area contributed by atoms with Crippen LogP contribution in [0.4, 0.5) is 11.4 Å². The van der Waals surface area contributed by atoms with Crippen LogP contribution >= 0.6 is 0 Å². The van der Waals surface area contributed by atoms with Crippen LogP contribution in [-0.2, 0) is 0 Å². The lowest BCUT2D eigenvalue weighted by molar-refractivity contribution is 0.0743. The first-order valence-electron chi connectivity index (χ1n) is 13.6. The van der Waals surface area contributed by atoms with Gasteiger partial charge in [0.1, 0.15) is 0 Å². The molecule has 2 N–H and O–H groups in total. The highest BCUT2D eigenvalue weighted by molar-refractivity contribution is 6.07. The van der Waals surface area contributed by atoms with Crippen LogP contribution in [0.5, 0.6) is 0 Å². The van der Waals surface area contributed by atoms with Gasteiger partial charge < -0.3 is 25.3 Å². The molecule has 0 saturated carbocycles. The van der Waals surface area contributed by atoms with Crippen molar-refractivity contribution >= 4 is 29.1 Å². The lowest BCUT2D eigenvalue weighted by Gasteiger charge is -2.37. The molecule has 0 spiro atoms. The van der Waals surface area contributed by atoms with Gasteiger partial charge in [0.15, 0.2) is 0 Å². The van der Waals surface area contributed by atoms with Crippen LogP contribution in [0, 0.1) is 11.3 Å². The third kappa shape index (κ3) is 6.14. The minimum atomic E-state index is -0.250. The van der Waals surface area contributed by atoms with E-state index in [0.29, 0.717) is 67.2 Å². The minimum Gasteiger partial charge on any atom is -0.366 e. The Morgan fingerprint density at radius 2 is 1.40 bits per heavy atom. The molecule has 5 rings (SSSR count). The fourth-order valence-electron chi connectivity index (χ4n) is 5.08. The molecule has 204 valence electrons. The maximum absolute atomic E-state index is 13.4. The molecule has 0 radical (unpaired) electrons. The minimum absolute atomic E-state index is 0.0525. The zero-order valence-corrected chi connectivity index (χ0v) is 22.3. The van der Waals surface area contributed by atoms with Gasteiger partial charge >= 0.3 is 0 Å². The third-order valence-corrected chi connectivity index (χ3v) is 7.32. The van der Waals surface area contributed by atoms with E-state index in [4.69, 9.17) is 5.26 Å². The Morgan fingerprint density at radius 3 is 2.12 bits per heavy atom. The van der Waals surface area contributed by atoms with Gasteiger partial charge in [-0.1, -0.05) is 18.2 Å². The number of nitriles is 1. The number of carbonyl (C=O) groups excluding carboxylic acids is 3. The fraction of sp³-hybridized carbons (Fsp3) is 0.290. The first-order valence-corrected chi connectivity index (χ1v) is 13.6. The van der Waals surface area contributed by atoms with E-state index in [0.717, 1.165) is 25.2 Å². The van der Waals surface area contributed by atoms with Crippen LogP contribution in [-0.4, -0.2) is 79.9 Å². The highest BCUT2D eigenvalue weighted by Crippen LogP contribution is 2.30. The first kappa shape index (κ1) is 26.9. The van der Waals surface area contributed by atoms with Crippen LogP contribution in [0.3, 0.4) is 0 Å². The second kappa shape index (κ2) is 12.5. The van der Waals surface area contributed by atoms with Gasteiger partial charge in [0.05, 0.1) is 23.0 Å². The summed E-state index contributed by atoms with van der Waals surface area (Å²) in [5, 5.41) is 15.4. The predicted octanol–water partition coefficient (Wildman–Crippen LogP) is 3.21. The first-order chi connectivity index (χ1) is 19.5. The molecule has 3 aromatic rings. The quantitative estimate of drug-likeness (QED) is 0.519. The molecule has 2 saturated heterocycles. The molecule has 9 nitrogen and oxygen atoms in total. The van der Waals surface area contributed by atoms with Gasteiger partial charge in [-0.05, 0) is 67.6 Å². The number of amides is 3. The number of hydrogen-bond acceptors (Lipinski definition) is 6. The number of nitrogens with one attached hydrogen (secondary N) is 2. The van der Waals surface area contributed by atoms with Gasteiger partial charge in [-0.25, -0.2) is 0 Å². The van der Waals surface area contributed by atoms with Gasteiger partial charge in [0, 0.05) is 62.5 Å². The van der Waals surface area contributed by atoms with Crippen molar-refractivity contribution in [1.82, 2.24) is 15.1 Å². The second-order valence-corrected chi connectivity index (χ2v) is 9.92. The van der Waals surface area contributed by atoms with Crippen molar-refractivity contribution < 1.29 is 14.4 Å². The number of hydrogen-bond donors (Lipinski definition) is 2. The topological polar surface area (TPSA) is 109 Å². The van der Waals surface area contributed by atoms with Gasteiger partial charge in [-0.3, -0.25) is 14.4 Å². The SMILES string of the molecule is N#Cc1ccc(C(=O)N2CCN(c3ccc(C(=O)N4CCCNCC4)cc3NC(=O)c3ccccc3)CC2)cc1. The van der Waals surface area contributed by atoms with Crippen molar-refractivity contribution in [3.05, 3.63) is 95.1 Å². The van der Waals surface area contributed by atoms with E-state index < -0.39 is 0 Å². The highest BCUT2D eigenvalue weighted by atomic mass is 16.2. The Balaban J connectivity index is 1.35. The molecule has 0 atom stereocenters. The largest absolute Gasteiger partial charge is 0.366 e. The van der Waals surface area contributed by atoms with Crippen LogP contribution < -0.4 is 15.5 Å². The van der Waals surface area contributed by atoms with Crippen LogP contribution in [0.25, 0.3) is 0 Å². The van der Waals surface area contributed by atoms with Crippen molar-refractivity contribution in [2.75, 3.05) is 62.6 Å². The van der Waals surface area contributed by atoms with Crippen molar-refractivity contribution in [3.8, 4) is 6.07 Å². The molecule has 2 fully saturated rings. The lowest BCUT2D eigenvalue weighted by atomic mass is 10.1. The normalized spacial score (nSPS) is 15.6. The van der Waals surface area contributed by atoms with Crippen molar-refractivity contribution in [2.24, 2.45) is 0 Å². The molecule has 2 aliphatic heterocycles. The summed E-state index contributed by atoms with van der Waals surface area (Å²) < 4.78 is 0. The van der Waals surface area contributed by atoms with Crippen LogP contribution in [0.15, 0.2) is 72.8 Å². The molecular weight excluding hydrogens is 504 g/mol. The van der Waals surface area contributed by atoms with Crippen molar-refractivity contribution in [2.45, 2.75) is 6.42 Å². The zero-order chi connectivity index (χ0) is 27.9. The monoisotopic (exact) mass is 536 g/mol. The molecule has 0 bridgehead atoms. The molecule has 0 unspecified atom stereocenters. The summed E-state index contributed by atoms with van der Waals surface area (Å²) in [6.07, 6.45) is 0.896. The van der Waals surface area contributed by atoms with E-state index in [1.54, 1.807) is 47.4 Å². The highest BCUT2D eigenvalue weighted by Gasteiger charge is 2.26. The van der Waals surface area contributed by atoms with Gasteiger partial charge in [0.25, 0.3) is 17.7 Å². The second-order valence-electron chi connectivity index (χ2n) is 9.92. The summed E-state index contributed by atoms with van der Waals surface area (Å²) in [6.45, 7) is 5.13. The summed E-state index contributed by atoms with van der Waals surface area (Å²) in [5.74, 6) is -0.377. The maximum atomic E-state index is 13.4. The molecule has 2 heterocycles. The molecule has 3 aromatic carbocycles. The standard InChI is InChI=1S/C31H32N6O3/c32-22-23-7-9-25(10-8-23)30(39)37-19-17-35(18-20-37)28-12-11-26(31(40)36-15-4-13-33-14-16-36)21-27(28)34-29(38)24-5-2-1-3-6-24/h1-3,5-12,21,33H,4,13-20H2,(H,34,38). The predicted molar refractivity (Wildman–Crippen MR) is 154 cm³/mol. The lowest BCUT2D eigenvalue weighted by Crippen LogP contribution is -2.49.